The Morgan fingerprint density at radius 3 is 2.64 bits per heavy atom. The van der Waals surface area contributed by atoms with Crippen molar-refractivity contribution in [2.45, 2.75) is 13.5 Å². The molecule has 0 saturated heterocycles. The molecule has 0 N–H and O–H groups in total. The molecular formula is C17H16N2O5S. The molecule has 0 atom stereocenters. The second-order valence-electron chi connectivity index (χ2n) is 5.00. The Bertz CT molecular complexity index is 917. The van der Waals surface area contributed by atoms with Gasteiger partial charge in [-0.05, 0) is 31.2 Å². The van der Waals surface area contributed by atoms with E-state index in [-0.39, 0.29) is 18.8 Å². The summed E-state index contributed by atoms with van der Waals surface area (Å²) in [6, 6.07) is 8.30. The fraction of sp³-hybridized carbons (Fsp3) is 0.235. The van der Waals surface area contributed by atoms with E-state index < -0.39 is 5.97 Å². The van der Waals surface area contributed by atoms with Gasteiger partial charge in [0.15, 0.2) is 11.6 Å². The molecule has 3 aromatic rings. The lowest BCUT2D eigenvalue weighted by molar-refractivity contribution is -0.147. The fourth-order valence-electron chi connectivity index (χ4n) is 2.10. The van der Waals surface area contributed by atoms with E-state index in [1.807, 2.05) is 6.92 Å². The van der Waals surface area contributed by atoms with E-state index in [4.69, 9.17) is 14.2 Å². The molecule has 0 amide bonds. The minimum absolute atomic E-state index is 0.0743. The van der Waals surface area contributed by atoms with Crippen LogP contribution in [0.25, 0.3) is 4.96 Å². The van der Waals surface area contributed by atoms with E-state index in [9.17, 15) is 9.59 Å². The van der Waals surface area contributed by atoms with Gasteiger partial charge in [0.05, 0.1) is 12.3 Å². The molecule has 0 radical (unpaired) electrons. The van der Waals surface area contributed by atoms with Gasteiger partial charge in [0, 0.05) is 17.6 Å². The maximum Gasteiger partial charge on any atom is 0.344 e. The lowest BCUT2D eigenvalue weighted by Crippen LogP contribution is -2.17. The number of esters is 1. The molecule has 0 unspecified atom stereocenters. The maximum absolute atomic E-state index is 11.8. The number of fused-ring (bicyclic) bond motifs is 1. The molecule has 130 valence electrons. The van der Waals surface area contributed by atoms with Crippen molar-refractivity contribution in [1.29, 1.82) is 0 Å². The molecule has 0 aliphatic carbocycles. The lowest BCUT2D eigenvalue weighted by atomic mass is 10.3. The van der Waals surface area contributed by atoms with E-state index in [1.54, 1.807) is 35.8 Å². The molecule has 0 aliphatic heterocycles. The van der Waals surface area contributed by atoms with E-state index in [2.05, 4.69) is 4.98 Å². The normalized spacial score (nSPS) is 10.6. The summed E-state index contributed by atoms with van der Waals surface area (Å²) in [5.41, 5.74) is 0.199. The summed E-state index contributed by atoms with van der Waals surface area (Å²) in [5.74, 6) is 0.734. The Morgan fingerprint density at radius 1 is 1.20 bits per heavy atom. The molecule has 7 nitrogen and oxygen atoms in total. The number of carbonyl (C=O) groups excluding carboxylic acids is 1. The van der Waals surface area contributed by atoms with Crippen LogP contribution >= 0.6 is 11.3 Å². The van der Waals surface area contributed by atoms with Crippen LogP contribution in [0, 0.1) is 0 Å². The molecule has 25 heavy (non-hydrogen) atoms. The first-order valence-electron chi connectivity index (χ1n) is 7.63. The summed E-state index contributed by atoms with van der Waals surface area (Å²) in [6.07, 6.45) is 1.65. The molecule has 8 heteroatoms. The summed E-state index contributed by atoms with van der Waals surface area (Å²) in [5, 5.41) is 1.77. The number of hydrogen-bond acceptors (Lipinski definition) is 7. The standard InChI is InChI=1S/C17H16N2O5S/c1-2-22-13-3-5-14(6-4-13)23-11-16(21)24-10-12-9-15(20)19-7-8-25-17(19)18-12/h3-9H,2,10-11H2,1H3. The molecular weight excluding hydrogens is 344 g/mol. The van der Waals surface area contributed by atoms with Crippen molar-refractivity contribution in [2.75, 3.05) is 13.2 Å². The van der Waals surface area contributed by atoms with Crippen LogP contribution < -0.4 is 15.0 Å². The Balaban J connectivity index is 1.51. The van der Waals surface area contributed by atoms with Crippen LogP contribution in [0.4, 0.5) is 0 Å². The second-order valence-corrected chi connectivity index (χ2v) is 5.87. The van der Waals surface area contributed by atoms with E-state index in [0.29, 0.717) is 23.0 Å². The van der Waals surface area contributed by atoms with Crippen molar-refractivity contribution in [2.24, 2.45) is 0 Å². The number of nitrogens with zero attached hydrogens (tertiary/aromatic N) is 2. The average Bonchev–Trinajstić information content (AvgIpc) is 3.09. The number of thiazole rings is 1. The van der Waals surface area contributed by atoms with Crippen LogP contribution in [0.15, 0.2) is 46.7 Å². The summed E-state index contributed by atoms with van der Waals surface area (Å²) in [4.78, 5) is 28.4. The van der Waals surface area contributed by atoms with Gasteiger partial charge < -0.3 is 14.2 Å². The van der Waals surface area contributed by atoms with Crippen LogP contribution in [-0.2, 0) is 16.1 Å². The summed E-state index contributed by atoms with van der Waals surface area (Å²) >= 11 is 1.34. The predicted molar refractivity (Wildman–Crippen MR) is 92.2 cm³/mol. The van der Waals surface area contributed by atoms with Crippen LogP contribution in [0.5, 0.6) is 11.5 Å². The van der Waals surface area contributed by atoms with Crippen molar-refractivity contribution >= 4 is 22.3 Å². The third-order valence-electron chi connectivity index (χ3n) is 3.23. The Kier molecular flexibility index (Phi) is 5.30. The number of ether oxygens (including phenoxy) is 3. The third kappa shape index (κ3) is 4.36. The number of carbonyl (C=O) groups is 1. The minimum Gasteiger partial charge on any atom is -0.494 e. The van der Waals surface area contributed by atoms with E-state index in [1.165, 1.54) is 21.8 Å². The van der Waals surface area contributed by atoms with E-state index in [0.717, 1.165) is 5.75 Å². The number of rotatable bonds is 7. The zero-order valence-electron chi connectivity index (χ0n) is 13.5. The first-order chi connectivity index (χ1) is 12.2. The third-order valence-corrected chi connectivity index (χ3v) is 3.99. The molecule has 3 rings (SSSR count). The second kappa shape index (κ2) is 7.80. The Morgan fingerprint density at radius 2 is 1.92 bits per heavy atom. The van der Waals surface area contributed by atoms with Gasteiger partial charge in [-0.2, -0.15) is 0 Å². The SMILES string of the molecule is CCOc1ccc(OCC(=O)OCc2cc(=O)n3ccsc3n2)cc1. The van der Waals surface area contributed by atoms with Crippen molar-refractivity contribution < 1.29 is 19.0 Å². The Hall–Kier alpha value is -2.87. The smallest absolute Gasteiger partial charge is 0.344 e. The highest BCUT2D eigenvalue weighted by Gasteiger charge is 2.08. The Labute approximate surface area is 147 Å². The van der Waals surface area contributed by atoms with E-state index >= 15 is 0 Å². The van der Waals surface area contributed by atoms with Crippen molar-refractivity contribution in [1.82, 2.24) is 9.38 Å². The fourth-order valence-corrected chi connectivity index (χ4v) is 2.84. The first-order valence-corrected chi connectivity index (χ1v) is 8.51. The minimum atomic E-state index is -0.540. The van der Waals surface area contributed by atoms with Gasteiger partial charge in [0.2, 0.25) is 0 Å². The predicted octanol–water partition coefficient (Wildman–Crippen LogP) is 2.28. The van der Waals surface area contributed by atoms with Gasteiger partial charge in [0.1, 0.15) is 18.1 Å². The average molecular weight is 360 g/mol. The summed E-state index contributed by atoms with van der Waals surface area (Å²) in [6.45, 7) is 2.19. The van der Waals surface area contributed by atoms with Crippen molar-refractivity contribution in [3.05, 3.63) is 58.0 Å². The first kappa shape index (κ1) is 17.0. The summed E-state index contributed by atoms with van der Waals surface area (Å²) in [7, 11) is 0. The van der Waals surface area contributed by atoms with Gasteiger partial charge in [-0.25, -0.2) is 9.78 Å². The molecule has 2 aromatic heterocycles. The van der Waals surface area contributed by atoms with Crippen molar-refractivity contribution in [3.63, 3.8) is 0 Å². The van der Waals surface area contributed by atoms with Gasteiger partial charge in [-0.3, -0.25) is 9.20 Å². The molecule has 2 heterocycles. The molecule has 0 spiro atoms. The highest BCUT2D eigenvalue weighted by atomic mass is 32.1. The zero-order chi connectivity index (χ0) is 17.6. The van der Waals surface area contributed by atoms with Crippen LogP contribution in [-0.4, -0.2) is 28.6 Å². The number of benzene rings is 1. The molecule has 0 fully saturated rings. The molecule has 0 aliphatic rings. The van der Waals surface area contributed by atoms with Crippen molar-refractivity contribution in [3.8, 4) is 11.5 Å². The van der Waals surface area contributed by atoms with Crippen LogP contribution in [0.3, 0.4) is 0 Å². The topological polar surface area (TPSA) is 79.1 Å². The quantitative estimate of drug-likeness (QED) is 0.602. The monoisotopic (exact) mass is 360 g/mol. The number of aromatic nitrogens is 2. The van der Waals surface area contributed by atoms with Gasteiger partial charge in [0.25, 0.3) is 5.56 Å². The van der Waals surface area contributed by atoms with Gasteiger partial charge in [-0.15, -0.1) is 11.3 Å². The maximum atomic E-state index is 11.8. The molecule has 0 saturated carbocycles. The van der Waals surface area contributed by atoms with Crippen LogP contribution in [0.2, 0.25) is 0 Å². The molecule has 0 bridgehead atoms. The molecule has 1 aromatic carbocycles. The number of hydrogen-bond donors (Lipinski definition) is 0. The summed E-state index contributed by atoms with van der Waals surface area (Å²) < 4.78 is 17.2. The highest BCUT2D eigenvalue weighted by Crippen LogP contribution is 2.17. The van der Waals surface area contributed by atoms with Gasteiger partial charge in [-0.1, -0.05) is 0 Å². The zero-order valence-corrected chi connectivity index (χ0v) is 14.3. The van der Waals surface area contributed by atoms with Crippen LogP contribution in [0.1, 0.15) is 12.6 Å². The highest BCUT2D eigenvalue weighted by molar-refractivity contribution is 7.15. The largest absolute Gasteiger partial charge is 0.494 e. The van der Waals surface area contributed by atoms with Gasteiger partial charge >= 0.3 is 5.97 Å². The lowest BCUT2D eigenvalue weighted by Gasteiger charge is -2.08.